The lowest BCUT2D eigenvalue weighted by molar-refractivity contribution is -0.115. The number of rotatable bonds is 12. The number of hydrogen-bond acceptors (Lipinski definition) is 5. The molecule has 0 spiro atoms. The Morgan fingerprint density at radius 1 is 1.00 bits per heavy atom. The highest BCUT2D eigenvalue weighted by Crippen LogP contribution is 2.29. The number of carbonyl (C=O) groups excluding carboxylic acids is 1. The van der Waals surface area contributed by atoms with Gasteiger partial charge in [-0.15, -0.1) is 11.8 Å². The van der Waals surface area contributed by atoms with Crippen molar-refractivity contribution in [2.75, 3.05) is 54.7 Å². The standard InChI is InChI=1S/C24H33N3OS2/c1-5-29-16-15-25-18-24(28)26-22-14-11-20(17-23(22)30-6-2)8-7-19-9-12-21(13-10-19)27(3)4/h7-14,17,25H,5-6,15-16,18H2,1-4H3,(H,26,28)/b8-7+. The fourth-order valence-electron chi connectivity index (χ4n) is 2.78. The van der Waals surface area contributed by atoms with Crippen molar-refractivity contribution in [1.29, 1.82) is 0 Å². The van der Waals surface area contributed by atoms with Gasteiger partial charge in [0.05, 0.1) is 12.2 Å². The van der Waals surface area contributed by atoms with Gasteiger partial charge in [-0.25, -0.2) is 0 Å². The van der Waals surface area contributed by atoms with Crippen LogP contribution >= 0.6 is 23.5 Å². The topological polar surface area (TPSA) is 44.4 Å². The van der Waals surface area contributed by atoms with Crippen molar-refractivity contribution in [1.82, 2.24) is 5.32 Å². The lowest BCUT2D eigenvalue weighted by Gasteiger charge is -2.12. The fraction of sp³-hybridized carbons (Fsp3) is 0.375. The molecule has 0 saturated carbocycles. The van der Waals surface area contributed by atoms with Crippen LogP contribution in [0, 0.1) is 0 Å². The van der Waals surface area contributed by atoms with Crippen molar-refractivity contribution < 1.29 is 4.79 Å². The molecule has 2 rings (SSSR count). The molecule has 0 bridgehead atoms. The summed E-state index contributed by atoms with van der Waals surface area (Å²) < 4.78 is 0. The quantitative estimate of drug-likeness (QED) is 0.264. The van der Waals surface area contributed by atoms with E-state index in [4.69, 9.17) is 0 Å². The van der Waals surface area contributed by atoms with E-state index in [-0.39, 0.29) is 5.91 Å². The molecule has 6 heteroatoms. The number of nitrogens with one attached hydrogen (secondary N) is 2. The highest BCUT2D eigenvalue weighted by atomic mass is 32.2. The van der Waals surface area contributed by atoms with Crippen LogP contribution in [-0.2, 0) is 4.79 Å². The van der Waals surface area contributed by atoms with Crippen molar-refractivity contribution in [2.24, 2.45) is 0 Å². The molecule has 0 radical (unpaired) electrons. The van der Waals surface area contributed by atoms with Gasteiger partial charge in [0.1, 0.15) is 0 Å². The van der Waals surface area contributed by atoms with Crippen LogP contribution < -0.4 is 15.5 Å². The average molecular weight is 444 g/mol. The Kier molecular flexibility index (Phi) is 10.9. The number of carbonyl (C=O) groups is 1. The third kappa shape index (κ3) is 8.46. The SMILES string of the molecule is CCSCCNCC(=O)Nc1ccc(/C=C/c2ccc(N(C)C)cc2)cc1SCC. The number of hydrogen-bond donors (Lipinski definition) is 2. The van der Waals surface area contributed by atoms with E-state index in [1.54, 1.807) is 11.8 Å². The van der Waals surface area contributed by atoms with E-state index in [9.17, 15) is 4.79 Å². The van der Waals surface area contributed by atoms with E-state index >= 15 is 0 Å². The summed E-state index contributed by atoms with van der Waals surface area (Å²) >= 11 is 3.62. The first kappa shape index (κ1) is 24.4. The highest BCUT2D eigenvalue weighted by Gasteiger charge is 2.08. The lowest BCUT2D eigenvalue weighted by atomic mass is 10.1. The van der Waals surface area contributed by atoms with Crippen molar-refractivity contribution in [2.45, 2.75) is 18.7 Å². The van der Waals surface area contributed by atoms with Crippen LogP contribution in [0.5, 0.6) is 0 Å². The number of anilines is 2. The Hall–Kier alpha value is -1.89. The Morgan fingerprint density at radius 3 is 2.37 bits per heavy atom. The normalized spacial score (nSPS) is 11.1. The van der Waals surface area contributed by atoms with Crippen molar-refractivity contribution >= 4 is 53.0 Å². The second kappa shape index (κ2) is 13.4. The molecule has 1 amide bonds. The van der Waals surface area contributed by atoms with Crippen molar-refractivity contribution in [3.63, 3.8) is 0 Å². The zero-order valence-electron chi connectivity index (χ0n) is 18.4. The number of nitrogens with zero attached hydrogens (tertiary/aromatic N) is 1. The van der Waals surface area contributed by atoms with Gasteiger partial charge in [-0.05, 0) is 46.9 Å². The summed E-state index contributed by atoms with van der Waals surface area (Å²) in [4.78, 5) is 15.5. The van der Waals surface area contributed by atoms with Gasteiger partial charge in [0.15, 0.2) is 0 Å². The fourth-order valence-corrected chi connectivity index (χ4v) is 4.16. The molecule has 0 aliphatic rings. The van der Waals surface area contributed by atoms with Crippen molar-refractivity contribution in [3.8, 4) is 0 Å². The maximum Gasteiger partial charge on any atom is 0.238 e. The smallest absolute Gasteiger partial charge is 0.238 e. The third-order valence-electron chi connectivity index (χ3n) is 4.37. The first-order valence-corrected chi connectivity index (χ1v) is 12.5. The molecule has 4 nitrogen and oxygen atoms in total. The van der Waals surface area contributed by atoms with Gasteiger partial charge in [-0.3, -0.25) is 4.79 Å². The van der Waals surface area contributed by atoms with Crippen LogP contribution in [0.25, 0.3) is 12.2 Å². The van der Waals surface area contributed by atoms with Gasteiger partial charge < -0.3 is 15.5 Å². The van der Waals surface area contributed by atoms with Gasteiger partial charge >= 0.3 is 0 Å². The molecule has 30 heavy (non-hydrogen) atoms. The Labute approximate surface area is 189 Å². The predicted octanol–water partition coefficient (Wildman–Crippen LogP) is 5.32. The van der Waals surface area contributed by atoms with E-state index < -0.39 is 0 Å². The molecule has 0 unspecified atom stereocenters. The van der Waals surface area contributed by atoms with Crippen LogP contribution in [0.1, 0.15) is 25.0 Å². The Balaban J connectivity index is 2.00. The van der Waals surface area contributed by atoms with E-state index in [2.05, 4.69) is 71.9 Å². The summed E-state index contributed by atoms with van der Waals surface area (Å²) in [5.41, 5.74) is 4.35. The minimum Gasteiger partial charge on any atom is -0.378 e. The Bertz CT molecular complexity index is 820. The summed E-state index contributed by atoms with van der Waals surface area (Å²) in [6.45, 7) is 5.45. The summed E-state index contributed by atoms with van der Waals surface area (Å²) in [6.07, 6.45) is 4.23. The van der Waals surface area contributed by atoms with Gasteiger partial charge in [0.2, 0.25) is 5.91 Å². The predicted molar refractivity (Wildman–Crippen MR) is 137 cm³/mol. The summed E-state index contributed by atoms with van der Waals surface area (Å²) in [7, 11) is 4.08. The highest BCUT2D eigenvalue weighted by molar-refractivity contribution is 7.99. The van der Waals surface area contributed by atoms with Gasteiger partial charge in [0, 0.05) is 37.0 Å². The molecule has 0 aliphatic heterocycles. The summed E-state index contributed by atoms with van der Waals surface area (Å²) in [5.74, 6) is 3.08. The zero-order chi connectivity index (χ0) is 21.8. The van der Waals surface area contributed by atoms with Gasteiger partial charge in [-0.1, -0.05) is 44.2 Å². The van der Waals surface area contributed by atoms with Crippen LogP contribution in [0.4, 0.5) is 11.4 Å². The first-order valence-electron chi connectivity index (χ1n) is 10.3. The summed E-state index contributed by atoms with van der Waals surface area (Å²) in [6, 6.07) is 14.7. The largest absolute Gasteiger partial charge is 0.378 e. The molecular weight excluding hydrogens is 410 g/mol. The molecule has 0 heterocycles. The molecule has 2 aromatic rings. The van der Waals surface area contributed by atoms with Crippen LogP contribution in [0.2, 0.25) is 0 Å². The second-order valence-corrected chi connectivity index (χ2v) is 9.63. The van der Waals surface area contributed by atoms with Crippen LogP contribution in [0.15, 0.2) is 47.4 Å². The number of thioether (sulfide) groups is 2. The minimum atomic E-state index is -0.00118. The Morgan fingerprint density at radius 2 is 1.70 bits per heavy atom. The minimum absolute atomic E-state index is 0.00118. The number of amides is 1. The third-order valence-corrected chi connectivity index (χ3v) is 6.21. The average Bonchev–Trinajstić information content (AvgIpc) is 2.74. The number of benzene rings is 2. The monoisotopic (exact) mass is 443 g/mol. The van der Waals surface area contributed by atoms with Gasteiger partial charge in [-0.2, -0.15) is 11.8 Å². The maximum atomic E-state index is 12.3. The van der Waals surface area contributed by atoms with Crippen LogP contribution in [-0.4, -0.2) is 50.4 Å². The molecule has 2 aromatic carbocycles. The van der Waals surface area contributed by atoms with E-state index in [0.29, 0.717) is 6.54 Å². The molecular formula is C24H33N3OS2. The molecule has 0 aromatic heterocycles. The van der Waals surface area contributed by atoms with E-state index in [1.165, 1.54) is 5.69 Å². The zero-order valence-corrected chi connectivity index (χ0v) is 20.0. The van der Waals surface area contributed by atoms with Crippen molar-refractivity contribution in [3.05, 3.63) is 53.6 Å². The molecule has 2 N–H and O–H groups in total. The molecule has 0 aliphatic carbocycles. The van der Waals surface area contributed by atoms with Gasteiger partial charge in [0.25, 0.3) is 0 Å². The second-order valence-electron chi connectivity index (χ2n) is 6.93. The van der Waals surface area contributed by atoms with E-state index in [0.717, 1.165) is 45.5 Å². The van der Waals surface area contributed by atoms with E-state index in [1.807, 2.05) is 38.0 Å². The lowest BCUT2D eigenvalue weighted by Crippen LogP contribution is -2.29. The summed E-state index contributed by atoms with van der Waals surface area (Å²) in [5, 5.41) is 6.24. The molecule has 0 fully saturated rings. The first-order chi connectivity index (χ1) is 14.5. The van der Waals surface area contributed by atoms with Crippen LogP contribution in [0.3, 0.4) is 0 Å². The molecule has 162 valence electrons. The molecule has 0 atom stereocenters. The maximum absolute atomic E-state index is 12.3. The molecule has 0 saturated heterocycles.